The molecule has 0 N–H and O–H groups in total. The number of halogens is 3. The topological polar surface area (TPSA) is 3.24 Å². The van der Waals surface area contributed by atoms with Crippen LogP contribution in [0.15, 0.2) is 18.2 Å². The summed E-state index contributed by atoms with van der Waals surface area (Å²) in [6.07, 6.45) is 0. The Kier molecular flexibility index (Phi) is 3.78. The Labute approximate surface area is 87.8 Å². The fourth-order valence-electron chi connectivity index (χ4n) is 1.03. The van der Waals surface area contributed by atoms with Crippen molar-refractivity contribution >= 4 is 40.1 Å². The molecule has 0 aromatic heterocycles. The van der Waals surface area contributed by atoms with Crippen LogP contribution in [-0.4, -0.2) is 14.1 Å². The fourth-order valence-corrected chi connectivity index (χ4v) is 2.72. The van der Waals surface area contributed by atoms with Crippen molar-refractivity contribution in [2.45, 2.75) is 0 Å². The van der Waals surface area contributed by atoms with Crippen LogP contribution in [0.2, 0.25) is 0 Å². The standard InChI is InChI=1S/C8H9Cl2FNP/c1-12(2)7-5-3-4-6(11)8(7)13(9)10/h3-5H,1-2H3. The van der Waals surface area contributed by atoms with E-state index in [2.05, 4.69) is 0 Å². The SMILES string of the molecule is CN(C)c1cccc(F)c1P(Cl)Cl. The molecule has 0 heterocycles. The molecular formula is C8H9Cl2FNP. The molecule has 5 heteroatoms. The van der Waals surface area contributed by atoms with Crippen molar-refractivity contribution in [1.82, 2.24) is 0 Å². The lowest BCUT2D eigenvalue weighted by molar-refractivity contribution is 0.636. The Bertz CT molecular complexity index is 304. The highest BCUT2D eigenvalue weighted by Crippen LogP contribution is 2.48. The highest BCUT2D eigenvalue weighted by atomic mass is 35.9. The monoisotopic (exact) mass is 239 g/mol. The van der Waals surface area contributed by atoms with Crippen LogP contribution in [0.25, 0.3) is 0 Å². The number of hydrogen-bond acceptors (Lipinski definition) is 1. The quantitative estimate of drug-likeness (QED) is 0.717. The summed E-state index contributed by atoms with van der Waals surface area (Å²) in [6, 6.07) is 4.79. The first-order chi connectivity index (χ1) is 6.04. The molecule has 0 spiro atoms. The average molecular weight is 240 g/mol. The minimum absolute atomic E-state index is 0.345. The summed E-state index contributed by atoms with van der Waals surface area (Å²) in [7, 11) is 3.65. The summed E-state index contributed by atoms with van der Waals surface area (Å²) in [6.45, 7) is -1.44. The van der Waals surface area contributed by atoms with Gasteiger partial charge in [0.1, 0.15) is 12.4 Å². The summed E-state index contributed by atoms with van der Waals surface area (Å²) in [4.78, 5) is 1.79. The molecule has 0 bridgehead atoms. The fraction of sp³-hybridized carbons (Fsp3) is 0.250. The van der Waals surface area contributed by atoms with Crippen molar-refractivity contribution in [2.75, 3.05) is 19.0 Å². The maximum Gasteiger partial charge on any atom is 0.135 e. The molecule has 0 radical (unpaired) electrons. The Balaban J connectivity index is 3.26. The minimum atomic E-state index is -1.44. The van der Waals surface area contributed by atoms with Gasteiger partial charge < -0.3 is 4.90 Å². The zero-order chi connectivity index (χ0) is 10.0. The summed E-state index contributed by atoms with van der Waals surface area (Å²) < 4.78 is 13.3. The smallest absolute Gasteiger partial charge is 0.135 e. The van der Waals surface area contributed by atoms with Crippen LogP contribution in [0.1, 0.15) is 0 Å². The Hall–Kier alpha value is -0.0400. The van der Waals surface area contributed by atoms with Gasteiger partial charge in [-0.05, 0) is 12.1 Å². The van der Waals surface area contributed by atoms with Crippen molar-refractivity contribution in [2.24, 2.45) is 0 Å². The van der Waals surface area contributed by atoms with Gasteiger partial charge in [-0.15, -0.1) is 0 Å². The molecule has 0 amide bonds. The summed E-state index contributed by atoms with van der Waals surface area (Å²) in [5.74, 6) is -0.345. The second kappa shape index (κ2) is 4.45. The van der Waals surface area contributed by atoms with E-state index in [4.69, 9.17) is 22.5 Å². The van der Waals surface area contributed by atoms with Crippen LogP contribution in [0.3, 0.4) is 0 Å². The number of benzene rings is 1. The van der Waals surface area contributed by atoms with E-state index < -0.39 is 6.63 Å². The van der Waals surface area contributed by atoms with Crippen molar-refractivity contribution in [3.63, 3.8) is 0 Å². The molecule has 13 heavy (non-hydrogen) atoms. The van der Waals surface area contributed by atoms with Gasteiger partial charge in [-0.25, -0.2) is 4.39 Å². The van der Waals surface area contributed by atoms with Gasteiger partial charge in [0.15, 0.2) is 0 Å². The summed E-state index contributed by atoms with van der Waals surface area (Å²) in [5, 5.41) is 0.394. The van der Waals surface area contributed by atoms with Crippen molar-refractivity contribution in [3.05, 3.63) is 24.0 Å². The second-order valence-electron chi connectivity index (χ2n) is 2.73. The summed E-state index contributed by atoms with van der Waals surface area (Å²) in [5.41, 5.74) is 0.733. The first-order valence-electron chi connectivity index (χ1n) is 3.61. The maximum absolute atomic E-state index is 13.3. The van der Waals surface area contributed by atoms with Gasteiger partial charge in [-0.1, -0.05) is 28.5 Å². The number of anilines is 1. The lowest BCUT2D eigenvalue weighted by Gasteiger charge is -2.17. The molecule has 1 nitrogen and oxygen atoms in total. The van der Waals surface area contributed by atoms with E-state index in [1.165, 1.54) is 6.07 Å². The largest absolute Gasteiger partial charge is 0.377 e. The molecule has 0 fully saturated rings. The zero-order valence-electron chi connectivity index (χ0n) is 7.26. The van der Waals surface area contributed by atoms with Gasteiger partial charge >= 0.3 is 0 Å². The maximum atomic E-state index is 13.3. The molecule has 0 aliphatic carbocycles. The molecule has 0 unspecified atom stereocenters. The average Bonchev–Trinajstić information content (AvgIpc) is 2.02. The third kappa shape index (κ3) is 2.46. The van der Waals surface area contributed by atoms with Crippen LogP contribution in [-0.2, 0) is 0 Å². The van der Waals surface area contributed by atoms with E-state index >= 15 is 0 Å². The van der Waals surface area contributed by atoms with E-state index in [9.17, 15) is 4.39 Å². The predicted molar refractivity (Wildman–Crippen MR) is 59.0 cm³/mol. The third-order valence-electron chi connectivity index (χ3n) is 1.62. The molecule has 1 rings (SSSR count). The molecule has 0 atom stereocenters. The van der Waals surface area contributed by atoms with Crippen LogP contribution >= 0.6 is 29.1 Å². The van der Waals surface area contributed by atoms with E-state index in [-0.39, 0.29) is 5.82 Å². The molecule has 1 aromatic carbocycles. The Morgan fingerprint density at radius 2 is 1.92 bits per heavy atom. The molecule has 1 aromatic rings. The van der Waals surface area contributed by atoms with Gasteiger partial charge in [-0.2, -0.15) is 0 Å². The van der Waals surface area contributed by atoms with Crippen molar-refractivity contribution < 1.29 is 4.39 Å². The highest BCUT2D eigenvalue weighted by Gasteiger charge is 2.16. The van der Waals surface area contributed by atoms with Crippen LogP contribution in [0.5, 0.6) is 0 Å². The van der Waals surface area contributed by atoms with Crippen molar-refractivity contribution in [1.29, 1.82) is 0 Å². The van der Waals surface area contributed by atoms with Crippen molar-refractivity contribution in [3.8, 4) is 0 Å². The molecule has 0 saturated carbocycles. The lowest BCUT2D eigenvalue weighted by Crippen LogP contribution is -2.18. The first-order valence-corrected chi connectivity index (χ1v) is 6.76. The minimum Gasteiger partial charge on any atom is -0.377 e. The van der Waals surface area contributed by atoms with E-state index in [1.54, 1.807) is 17.0 Å². The Morgan fingerprint density at radius 1 is 1.31 bits per heavy atom. The molecule has 0 aliphatic rings. The first kappa shape index (κ1) is 11.0. The third-order valence-corrected chi connectivity index (χ3v) is 3.41. The molecule has 0 saturated heterocycles. The number of nitrogens with zero attached hydrogens (tertiary/aromatic N) is 1. The highest BCUT2D eigenvalue weighted by molar-refractivity contribution is 8.09. The second-order valence-corrected chi connectivity index (χ2v) is 6.20. The Morgan fingerprint density at radius 3 is 2.31 bits per heavy atom. The molecule has 72 valence electrons. The van der Waals surface area contributed by atoms with E-state index in [0.29, 0.717) is 5.30 Å². The lowest BCUT2D eigenvalue weighted by atomic mass is 10.3. The van der Waals surface area contributed by atoms with Gasteiger partial charge in [0.25, 0.3) is 0 Å². The number of hydrogen-bond donors (Lipinski definition) is 0. The van der Waals surface area contributed by atoms with Gasteiger partial charge in [0.2, 0.25) is 0 Å². The summed E-state index contributed by atoms with van der Waals surface area (Å²) >= 11 is 11.4. The normalized spacial score (nSPS) is 10.6. The van der Waals surface area contributed by atoms with E-state index in [1.807, 2.05) is 14.1 Å². The zero-order valence-corrected chi connectivity index (χ0v) is 9.67. The van der Waals surface area contributed by atoms with Gasteiger partial charge in [-0.3, -0.25) is 0 Å². The number of rotatable bonds is 2. The van der Waals surface area contributed by atoms with Crippen LogP contribution in [0, 0.1) is 5.82 Å². The van der Waals surface area contributed by atoms with Crippen LogP contribution in [0.4, 0.5) is 10.1 Å². The van der Waals surface area contributed by atoms with Crippen LogP contribution < -0.4 is 10.2 Å². The molecular weight excluding hydrogens is 231 g/mol. The van der Waals surface area contributed by atoms with Gasteiger partial charge in [0, 0.05) is 19.8 Å². The molecule has 0 aliphatic heterocycles. The van der Waals surface area contributed by atoms with Gasteiger partial charge in [0.05, 0.1) is 5.30 Å². The predicted octanol–water partition coefficient (Wildman–Crippen LogP) is 3.31. The van der Waals surface area contributed by atoms with E-state index in [0.717, 1.165) is 5.69 Å².